The normalized spacial score (nSPS) is 15.9. The molecule has 0 bridgehead atoms. The van der Waals surface area contributed by atoms with E-state index in [9.17, 15) is 52.7 Å². The minimum absolute atomic E-state index is 0.0181. The Morgan fingerprint density at radius 3 is 2.08 bits per heavy atom. The summed E-state index contributed by atoms with van der Waals surface area (Å²) in [7, 11) is 8.24. The zero-order valence-corrected chi connectivity index (χ0v) is 60.7. The van der Waals surface area contributed by atoms with Crippen molar-refractivity contribution in [3.8, 4) is 0 Å². The van der Waals surface area contributed by atoms with Gasteiger partial charge in [-0.3, -0.25) is 57.9 Å². The van der Waals surface area contributed by atoms with Crippen LogP contribution in [0.5, 0.6) is 0 Å². The second-order valence-electron chi connectivity index (χ2n) is 26.2. The molecule has 101 heavy (non-hydrogen) atoms. The van der Waals surface area contributed by atoms with Gasteiger partial charge in [0.1, 0.15) is 17.7 Å². The van der Waals surface area contributed by atoms with Gasteiger partial charge in [0.25, 0.3) is 11.8 Å². The standard InChI is InChI=1S/C73H103N13O14S/c1-11-48(4)66(58(98-9)43-63(91)85-39-19-23-57(85)67(99-10)49(5)68(93)81-56(71-75-37-41-101-71)42-51-20-14-12-15-21-51)84(8)64(92)45-78-70(95)65(47(2)3)82(6)40-35-50-27-31-54(32-28-50)83(7)73(97)100-46-52-25-29-53(30-26-52)79-69(94)55(22-18-36-76-72(74)96)80-60(88)44-77-59(87)24-16-13-17-38-86-61(89)33-34-62(86)90/h12,14-15,20-21,25-34,37,41,47-49,55-58,65-67H,11,13,16-19,22-24,35-36,38-40,42-46H2,1-10H3,(H,77,87)(H,78,95)(H,79,94)(H,80,88)(H,81,93)(H3,74,76,96)/t48-,49+,55-,56-,57-,58+,65?,66-,67+/m0/s1. The second kappa shape index (κ2) is 41.0. The van der Waals surface area contributed by atoms with E-state index in [0.29, 0.717) is 75.0 Å². The second-order valence-corrected chi connectivity index (χ2v) is 27.1. The van der Waals surface area contributed by atoms with Crippen LogP contribution in [-0.2, 0) is 76.8 Å². The van der Waals surface area contributed by atoms with Crippen LogP contribution in [0.2, 0.25) is 0 Å². The molecule has 2 aliphatic heterocycles. The molecular weight excluding hydrogens is 1310 g/mol. The molecule has 2 aliphatic rings. The number of likely N-dealkylation sites (N-methyl/N-ethyl adjacent to an activating group) is 2. The lowest BCUT2D eigenvalue weighted by atomic mass is 9.90. The number of unbranched alkanes of at least 4 members (excludes halogenated alkanes) is 2. The molecule has 0 aliphatic carbocycles. The fraction of sp³-hybridized carbons (Fsp3) is 0.534. The maximum atomic E-state index is 14.5. The Bertz CT molecular complexity index is 3400. The molecule has 9 atom stereocenters. The third-order valence-corrected chi connectivity index (χ3v) is 19.5. The van der Waals surface area contributed by atoms with Crippen molar-refractivity contribution in [1.82, 2.24) is 51.2 Å². The molecule has 1 unspecified atom stereocenters. The number of hydrogen-bond acceptors (Lipinski definition) is 17. The lowest BCUT2D eigenvalue weighted by molar-refractivity contribution is -0.146. The van der Waals surface area contributed by atoms with E-state index in [1.165, 1.54) is 28.4 Å². The van der Waals surface area contributed by atoms with Crippen molar-refractivity contribution in [3.63, 3.8) is 0 Å². The van der Waals surface area contributed by atoms with Crippen molar-refractivity contribution in [1.29, 1.82) is 0 Å². The first-order valence-corrected chi connectivity index (χ1v) is 35.6. The quantitative estimate of drug-likeness (QED) is 0.0197. The molecular formula is C73H103N13O14S. The van der Waals surface area contributed by atoms with Crippen LogP contribution in [0.25, 0.3) is 0 Å². The summed E-state index contributed by atoms with van der Waals surface area (Å²) < 4.78 is 17.8. The maximum Gasteiger partial charge on any atom is 0.414 e. The Hall–Kier alpha value is -9.12. The number of nitrogens with zero attached hydrogens (tertiary/aromatic N) is 6. The van der Waals surface area contributed by atoms with E-state index in [1.54, 1.807) is 80.7 Å². The van der Waals surface area contributed by atoms with Crippen LogP contribution in [0.4, 0.5) is 21.0 Å². The Kier molecular flexibility index (Phi) is 32.8. The third kappa shape index (κ3) is 24.9. The van der Waals surface area contributed by atoms with Gasteiger partial charge in [-0.05, 0) is 111 Å². The fourth-order valence-electron chi connectivity index (χ4n) is 12.8. The van der Waals surface area contributed by atoms with Crippen molar-refractivity contribution in [3.05, 3.63) is 124 Å². The third-order valence-electron chi connectivity index (χ3n) is 18.6. The van der Waals surface area contributed by atoms with Crippen LogP contribution >= 0.6 is 11.3 Å². The number of imide groups is 1. The SMILES string of the molecule is CC[C@H](C)[C@@H]([C@@H](CC(=O)N1CCC[C@H]1[C@H](OC)[C@@H](C)C(=O)N[C@@H](Cc1ccccc1)c1nccs1)OC)N(C)C(=O)CNC(=O)C(C(C)C)N(C)CCc1ccc(N(C)C(=O)OCc2ccc(NC(=O)[C@H](CCCNC(N)=O)NC(=O)CNC(=O)CCCCCN3C(=O)C=CC3=O)cc2)cc1. The summed E-state index contributed by atoms with van der Waals surface area (Å²) in [4.78, 5) is 156. The highest BCUT2D eigenvalue weighted by molar-refractivity contribution is 7.09. The van der Waals surface area contributed by atoms with Gasteiger partial charge in [0.2, 0.25) is 41.4 Å². The predicted octanol–water partition coefficient (Wildman–Crippen LogP) is 6.03. The molecule has 550 valence electrons. The highest BCUT2D eigenvalue weighted by atomic mass is 32.1. The summed E-state index contributed by atoms with van der Waals surface area (Å²) in [5.41, 5.74) is 8.79. The molecule has 0 spiro atoms. The number of methoxy groups -OCH3 is 2. The molecule has 3 heterocycles. The zero-order valence-electron chi connectivity index (χ0n) is 59.9. The predicted molar refractivity (Wildman–Crippen MR) is 383 cm³/mol. The summed E-state index contributed by atoms with van der Waals surface area (Å²) >= 11 is 1.48. The largest absolute Gasteiger partial charge is 0.444 e. The molecule has 0 saturated carbocycles. The van der Waals surface area contributed by atoms with Gasteiger partial charge in [0.15, 0.2) is 0 Å². The van der Waals surface area contributed by atoms with Gasteiger partial charge in [-0.1, -0.05) is 102 Å². The number of primary amides is 1. The minimum atomic E-state index is -1.05. The van der Waals surface area contributed by atoms with Gasteiger partial charge in [-0.15, -0.1) is 11.3 Å². The van der Waals surface area contributed by atoms with Gasteiger partial charge in [0.05, 0.1) is 61.8 Å². The molecule has 0 radical (unpaired) electrons. The summed E-state index contributed by atoms with van der Waals surface area (Å²) in [5, 5.41) is 19.2. The summed E-state index contributed by atoms with van der Waals surface area (Å²) in [6.07, 6.45) is 7.52. The van der Waals surface area contributed by atoms with E-state index in [1.807, 2.05) is 94.4 Å². The summed E-state index contributed by atoms with van der Waals surface area (Å²) in [6.45, 7) is 10.4. The summed E-state index contributed by atoms with van der Waals surface area (Å²) in [6, 6.07) is 20.3. The molecule has 4 aromatic rings. The van der Waals surface area contributed by atoms with E-state index < -0.39 is 66.7 Å². The van der Waals surface area contributed by atoms with Crippen molar-refractivity contribution in [2.45, 2.75) is 161 Å². The van der Waals surface area contributed by atoms with Gasteiger partial charge in [-0.25, -0.2) is 14.6 Å². The molecule has 6 rings (SSSR count). The van der Waals surface area contributed by atoms with E-state index in [4.69, 9.17) is 19.9 Å². The number of urea groups is 1. The Morgan fingerprint density at radius 2 is 1.45 bits per heavy atom. The lowest BCUT2D eigenvalue weighted by Crippen LogP contribution is -2.55. The first kappa shape index (κ1) is 80.9. The Balaban J connectivity index is 0.937. The van der Waals surface area contributed by atoms with Crippen molar-refractivity contribution in [2.24, 2.45) is 23.5 Å². The number of nitrogens with two attached hydrogens (primary N) is 1. The number of hydrogen-bond donors (Lipinski definition) is 7. The van der Waals surface area contributed by atoms with Crippen molar-refractivity contribution in [2.75, 3.05) is 84.8 Å². The topological polar surface area (TPSA) is 343 Å². The number of nitrogens with one attached hydrogen (secondary N) is 6. The van der Waals surface area contributed by atoms with Crippen molar-refractivity contribution >= 4 is 88.0 Å². The first-order chi connectivity index (χ1) is 48.3. The zero-order chi connectivity index (χ0) is 73.7. The number of thiazole rings is 1. The van der Waals surface area contributed by atoms with E-state index in [-0.39, 0.29) is 117 Å². The number of likely N-dealkylation sites (tertiary alicyclic amines) is 1. The molecule has 27 nitrogen and oxygen atoms in total. The molecule has 1 saturated heterocycles. The number of anilines is 2. The fourth-order valence-corrected chi connectivity index (χ4v) is 13.5. The molecule has 1 aromatic heterocycles. The molecule has 3 aromatic carbocycles. The number of benzene rings is 3. The monoisotopic (exact) mass is 1420 g/mol. The van der Waals surface area contributed by atoms with E-state index >= 15 is 0 Å². The average Bonchev–Trinajstić information content (AvgIpc) is 1.79. The Morgan fingerprint density at radius 1 is 0.752 bits per heavy atom. The smallest absolute Gasteiger partial charge is 0.414 e. The summed E-state index contributed by atoms with van der Waals surface area (Å²) in [5.74, 6) is -4.11. The van der Waals surface area contributed by atoms with E-state index in [2.05, 4.69) is 36.9 Å². The maximum absolute atomic E-state index is 14.5. The van der Waals surface area contributed by atoms with Gasteiger partial charge >= 0.3 is 12.1 Å². The van der Waals surface area contributed by atoms with Crippen LogP contribution < -0.4 is 42.5 Å². The van der Waals surface area contributed by atoms with Gasteiger partial charge in [0, 0.05) is 96.0 Å². The lowest BCUT2D eigenvalue weighted by Gasteiger charge is -2.39. The molecule has 12 amide bonds. The van der Waals surface area contributed by atoms with Gasteiger partial charge < -0.3 is 61.6 Å². The number of carbonyl (C=O) groups excluding carboxylic acids is 11. The number of aromatic nitrogens is 1. The Labute approximate surface area is 596 Å². The van der Waals surface area contributed by atoms with Crippen LogP contribution in [0.15, 0.2) is 103 Å². The molecule has 8 N–H and O–H groups in total. The number of rotatable bonds is 41. The number of carbonyl (C=O) groups is 11. The van der Waals surface area contributed by atoms with Crippen LogP contribution in [0, 0.1) is 17.8 Å². The van der Waals surface area contributed by atoms with Crippen molar-refractivity contribution < 1.29 is 67.0 Å². The van der Waals surface area contributed by atoms with Crippen LogP contribution in [0.1, 0.15) is 127 Å². The van der Waals surface area contributed by atoms with Crippen LogP contribution in [-0.4, -0.2) is 201 Å². The highest BCUT2D eigenvalue weighted by Crippen LogP contribution is 2.31. The molecule has 28 heteroatoms. The number of amides is 12. The average molecular weight is 1420 g/mol. The first-order valence-electron chi connectivity index (χ1n) is 34.7. The van der Waals surface area contributed by atoms with Gasteiger partial charge in [-0.2, -0.15) is 0 Å². The number of ether oxygens (including phenoxy) is 3. The van der Waals surface area contributed by atoms with Crippen LogP contribution in [0.3, 0.4) is 0 Å². The van der Waals surface area contributed by atoms with E-state index in [0.717, 1.165) is 27.5 Å². The molecule has 1 fully saturated rings. The minimum Gasteiger partial charge on any atom is -0.444 e. The highest BCUT2D eigenvalue weighted by Gasteiger charge is 2.43.